The van der Waals surface area contributed by atoms with Crippen LogP contribution in [0.25, 0.3) is 5.69 Å². The summed E-state index contributed by atoms with van der Waals surface area (Å²) in [6.45, 7) is 0. The van der Waals surface area contributed by atoms with Crippen LogP contribution in [0, 0.1) is 0 Å². The number of ether oxygens (including phenoxy) is 2. The Labute approximate surface area is 151 Å². The molecule has 0 amide bonds. The first-order valence-corrected chi connectivity index (χ1v) is 8.27. The maximum absolute atomic E-state index is 10.5. The lowest BCUT2D eigenvalue weighted by atomic mass is 10.3. The molecule has 1 heterocycles. The van der Waals surface area contributed by atoms with E-state index in [0.29, 0.717) is 17.4 Å². The zero-order valence-corrected chi connectivity index (χ0v) is 13.9. The van der Waals surface area contributed by atoms with E-state index in [0.717, 1.165) is 5.69 Å². The molecular formula is C22H17NO3. The number of hydrogen-bond donors (Lipinski definition) is 1. The SMILES string of the molecule is Oc1cn(-c2ccccc2)c(Oc2ccccc2)c1Oc1ccccc1. The molecule has 0 aliphatic rings. The van der Waals surface area contributed by atoms with Gasteiger partial charge in [0, 0.05) is 5.69 Å². The van der Waals surface area contributed by atoms with Crippen LogP contribution in [0.3, 0.4) is 0 Å². The maximum Gasteiger partial charge on any atom is 0.252 e. The fraction of sp³-hybridized carbons (Fsp3) is 0. The van der Waals surface area contributed by atoms with Gasteiger partial charge in [0.1, 0.15) is 11.5 Å². The first kappa shape index (κ1) is 15.8. The third-order valence-corrected chi connectivity index (χ3v) is 3.85. The highest BCUT2D eigenvalue weighted by atomic mass is 16.5. The molecule has 4 heteroatoms. The molecule has 0 fully saturated rings. The van der Waals surface area contributed by atoms with Gasteiger partial charge in [-0.25, -0.2) is 0 Å². The van der Waals surface area contributed by atoms with Crippen LogP contribution in [0.2, 0.25) is 0 Å². The van der Waals surface area contributed by atoms with Crippen LogP contribution in [0.4, 0.5) is 0 Å². The molecule has 0 aliphatic heterocycles. The second-order valence-electron chi connectivity index (χ2n) is 5.68. The lowest BCUT2D eigenvalue weighted by Crippen LogP contribution is -1.97. The highest BCUT2D eigenvalue weighted by molar-refractivity contribution is 5.56. The van der Waals surface area contributed by atoms with E-state index in [-0.39, 0.29) is 11.5 Å². The van der Waals surface area contributed by atoms with Crippen LogP contribution < -0.4 is 9.47 Å². The number of nitrogens with zero attached hydrogens (tertiary/aromatic N) is 1. The van der Waals surface area contributed by atoms with Crippen molar-refractivity contribution in [2.24, 2.45) is 0 Å². The Morgan fingerprint density at radius 3 is 1.69 bits per heavy atom. The van der Waals surface area contributed by atoms with Gasteiger partial charge < -0.3 is 14.6 Å². The Hall–Kier alpha value is -3.66. The van der Waals surface area contributed by atoms with Crippen molar-refractivity contribution < 1.29 is 14.6 Å². The summed E-state index contributed by atoms with van der Waals surface area (Å²) in [7, 11) is 0. The molecule has 0 saturated carbocycles. The summed E-state index contributed by atoms with van der Waals surface area (Å²) in [5, 5.41) is 10.5. The smallest absolute Gasteiger partial charge is 0.252 e. The van der Waals surface area contributed by atoms with Crippen molar-refractivity contribution in [2.45, 2.75) is 0 Å². The number of aromatic nitrogens is 1. The van der Waals surface area contributed by atoms with Crippen molar-refractivity contribution in [1.29, 1.82) is 0 Å². The summed E-state index contributed by atoms with van der Waals surface area (Å²) >= 11 is 0. The largest absolute Gasteiger partial charge is 0.503 e. The third kappa shape index (κ3) is 3.26. The monoisotopic (exact) mass is 343 g/mol. The van der Waals surface area contributed by atoms with Crippen molar-refractivity contribution in [3.63, 3.8) is 0 Å². The van der Waals surface area contributed by atoms with Crippen LogP contribution in [-0.2, 0) is 0 Å². The maximum atomic E-state index is 10.5. The number of para-hydroxylation sites is 3. The van der Waals surface area contributed by atoms with Crippen molar-refractivity contribution >= 4 is 0 Å². The normalized spacial score (nSPS) is 10.5. The van der Waals surface area contributed by atoms with Crippen molar-refractivity contribution in [3.05, 3.63) is 97.2 Å². The molecule has 0 atom stereocenters. The third-order valence-electron chi connectivity index (χ3n) is 3.85. The zero-order chi connectivity index (χ0) is 17.8. The lowest BCUT2D eigenvalue weighted by Gasteiger charge is -2.13. The van der Waals surface area contributed by atoms with Crippen LogP contribution in [0.5, 0.6) is 28.9 Å². The Kier molecular flexibility index (Phi) is 4.31. The summed E-state index contributed by atoms with van der Waals surface area (Å²) in [6, 6.07) is 28.4. The molecule has 0 saturated heterocycles. The highest BCUT2D eigenvalue weighted by Crippen LogP contribution is 2.44. The summed E-state index contributed by atoms with van der Waals surface area (Å²) in [5.74, 6) is 1.95. The number of aromatic hydroxyl groups is 1. The van der Waals surface area contributed by atoms with E-state index in [9.17, 15) is 5.11 Å². The van der Waals surface area contributed by atoms with Crippen LogP contribution in [0.1, 0.15) is 0 Å². The average molecular weight is 343 g/mol. The van der Waals surface area contributed by atoms with Gasteiger partial charge in [-0.3, -0.25) is 4.57 Å². The fourth-order valence-electron chi connectivity index (χ4n) is 2.64. The second-order valence-corrected chi connectivity index (χ2v) is 5.68. The molecule has 3 aromatic carbocycles. The first-order valence-electron chi connectivity index (χ1n) is 8.27. The quantitative estimate of drug-likeness (QED) is 0.500. The summed E-state index contributed by atoms with van der Waals surface area (Å²) in [6.07, 6.45) is 1.59. The van der Waals surface area contributed by atoms with Crippen LogP contribution in [0.15, 0.2) is 97.2 Å². The number of benzene rings is 3. The molecule has 0 radical (unpaired) electrons. The van der Waals surface area contributed by atoms with Crippen LogP contribution >= 0.6 is 0 Å². The van der Waals surface area contributed by atoms with E-state index >= 15 is 0 Å². The molecule has 26 heavy (non-hydrogen) atoms. The van der Waals surface area contributed by atoms with E-state index in [1.807, 2.05) is 91.0 Å². The minimum absolute atomic E-state index is 0.00337. The number of rotatable bonds is 5. The van der Waals surface area contributed by atoms with Gasteiger partial charge in [-0.1, -0.05) is 54.6 Å². The van der Waals surface area contributed by atoms with Gasteiger partial charge in [0.2, 0.25) is 5.75 Å². The van der Waals surface area contributed by atoms with Crippen molar-refractivity contribution in [1.82, 2.24) is 4.57 Å². The first-order chi connectivity index (χ1) is 12.8. The topological polar surface area (TPSA) is 43.6 Å². The van der Waals surface area contributed by atoms with Gasteiger partial charge in [0.15, 0.2) is 5.75 Å². The van der Waals surface area contributed by atoms with E-state index in [1.165, 1.54) is 0 Å². The Bertz CT molecular complexity index is 980. The zero-order valence-electron chi connectivity index (χ0n) is 13.9. The van der Waals surface area contributed by atoms with E-state index in [1.54, 1.807) is 10.8 Å². The summed E-state index contributed by atoms with van der Waals surface area (Å²) < 4.78 is 13.7. The van der Waals surface area contributed by atoms with Gasteiger partial charge in [-0.15, -0.1) is 0 Å². The molecule has 4 aromatic rings. The summed E-state index contributed by atoms with van der Waals surface area (Å²) in [5.41, 5.74) is 0.858. The molecule has 128 valence electrons. The van der Waals surface area contributed by atoms with Crippen molar-refractivity contribution in [2.75, 3.05) is 0 Å². The van der Waals surface area contributed by atoms with Gasteiger partial charge >= 0.3 is 0 Å². The second kappa shape index (κ2) is 7.07. The predicted molar refractivity (Wildman–Crippen MR) is 100 cm³/mol. The van der Waals surface area contributed by atoms with Gasteiger partial charge in [0.05, 0.1) is 6.20 Å². The van der Waals surface area contributed by atoms with Gasteiger partial charge in [-0.05, 0) is 36.4 Å². The minimum atomic E-state index is 0.00337. The Morgan fingerprint density at radius 2 is 1.12 bits per heavy atom. The average Bonchev–Trinajstić information content (AvgIpc) is 3.00. The lowest BCUT2D eigenvalue weighted by molar-refractivity contribution is 0.382. The standard InChI is InChI=1S/C22H17NO3/c24-20-16-23(17-10-4-1-5-11-17)22(26-19-14-8-3-9-15-19)21(20)25-18-12-6-2-7-13-18/h1-16,24H. The summed E-state index contributed by atoms with van der Waals surface area (Å²) in [4.78, 5) is 0. The van der Waals surface area contributed by atoms with Gasteiger partial charge in [0.25, 0.3) is 5.88 Å². The predicted octanol–water partition coefficient (Wildman–Crippen LogP) is 5.77. The molecule has 0 bridgehead atoms. The number of hydrogen-bond acceptors (Lipinski definition) is 3. The van der Waals surface area contributed by atoms with Gasteiger partial charge in [-0.2, -0.15) is 0 Å². The Balaban J connectivity index is 1.81. The molecule has 1 aromatic heterocycles. The Morgan fingerprint density at radius 1 is 0.615 bits per heavy atom. The highest BCUT2D eigenvalue weighted by Gasteiger charge is 2.21. The van der Waals surface area contributed by atoms with E-state index in [4.69, 9.17) is 9.47 Å². The molecule has 4 nitrogen and oxygen atoms in total. The fourth-order valence-corrected chi connectivity index (χ4v) is 2.64. The van der Waals surface area contributed by atoms with Crippen LogP contribution in [-0.4, -0.2) is 9.67 Å². The molecule has 4 rings (SSSR count). The van der Waals surface area contributed by atoms with E-state index < -0.39 is 0 Å². The molecule has 0 spiro atoms. The molecule has 1 N–H and O–H groups in total. The van der Waals surface area contributed by atoms with Crippen molar-refractivity contribution in [3.8, 4) is 34.6 Å². The molecule has 0 aliphatic carbocycles. The van der Waals surface area contributed by atoms with E-state index in [2.05, 4.69) is 0 Å². The molecule has 0 unspecified atom stereocenters. The molecular weight excluding hydrogens is 326 g/mol. The minimum Gasteiger partial charge on any atom is -0.503 e.